The van der Waals surface area contributed by atoms with Gasteiger partial charge in [-0.25, -0.2) is 0 Å². The monoisotopic (exact) mass is 203 g/mol. The lowest BCUT2D eigenvalue weighted by molar-refractivity contribution is -0.123. The van der Waals surface area contributed by atoms with E-state index in [4.69, 9.17) is 0 Å². The molecule has 1 heterocycles. The van der Waals surface area contributed by atoms with Crippen molar-refractivity contribution in [3.05, 3.63) is 35.4 Å². The SMILES string of the molecule is ON1CC[C@H]2c3ccccc3CCC2C1. The maximum atomic E-state index is 9.53. The van der Waals surface area contributed by atoms with Crippen molar-refractivity contribution in [2.75, 3.05) is 13.1 Å². The van der Waals surface area contributed by atoms with E-state index in [1.54, 1.807) is 5.56 Å². The first-order chi connectivity index (χ1) is 7.34. The van der Waals surface area contributed by atoms with E-state index in [0.717, 1.165) is 19.5 Å². The molecular formula is C13H17NO. The van der Waals surface area contributed by atoms with Crippen LogP contribution in [0.15, 0.2) is 24.3 Å². The van der Waals surface area contributed by atoms with Crippen LogP contribution in [0.5, 0.6) is 0 Å². The van der Waals surface area contributed by atoms with E-state index >= 15 is 0 Å². The summed E-state index contributed by atoms with van der Waals surface area (Å²) in [4.78, 5) is 0. The highest BCUT2D eigenvalue weighted by Gasteiger charge is 2.33. The zero-order chi connectivity index (χ0) is 10.3. The van der Waals surface area contributed by atoms with Gasteiger partial charge in [-0.1, -0.05) is 24.3 Å². The summed E-state index contributed by atoms with van der Waals surface area (Å²) in [7, 11) is 0. The molecule has 2 aliphatic rings. The average molecular weight is 203 g/mol. The van der Waals surface area contributed by atoms with Gasteiger partial charge in [0.15, 0.2) is 0 Å². The first-order valence-electron chi connectivity index (χ1n) is 5.86. The van der Waals surface area contributed by atoms with Gasteiger partial charge in [-0.05, 0) is 42.2 Å². The van der Waals surface area contributed by atoms with E-state index in [0.29, 0.717) is 11.8 Å². The number of fused-ring (bicyclic) bond motifs is 3. The minimum Gasteiger partial charge on any atom is -0.314 e. The van der Waals surface area contributed by atoms with Gasteiger partial charge in [0.1, 0.15) is 0 Å². The highest BCUT2D eigenvalue weighted by Crippen LogP contribution is 2.40. The van der Waals surface area contributed by atoms with E-state index in [9.17, 15) is 5.21 Å². The number of benzene rings is 1. The van der Waals surface area contributed by atoms with Crippen molar-refractivity contribution >= 4 is 0 Å². The van der Waals surface area contributed by atoms with Gasteiger partial charge in [0.25, 0.3) is 0 Å². The molecule has 1 saturated heterocycles. The molecule has 0 radical (unpaired) electrons. The summed E-state index contributed by atoms with van der Waals surface area (Å²) in [5.41, 5.74) is 3.08. The molecule has 1 aliphatic carbocycles. The van der Waals surface area contributed by atoms with Crippen LogP contribution in [0.25, 0.3) is 0 Å². The molecule has 80 valence electrons. The van der Waals surface area contributed by atoms with Gasteiger partial charge in [0, 0.05) is 13.1 Å². The summed E-state index contributed by atoms with van der Waals surface area (Å²) >= 11 is 0. The molecule has 2 heteroatoms. The molecule has 1 aliphatic heterocycles. The maximum absolute atomic E-state index is 9.53. The van der Waals surface area contributed by atoms with E-state index in [1.807, 2.05) is 0 Å². The van der Waals surface area contributed by atoms with Crippen molar-refractivity contribution in [2.24, 2.45) is 5.92 Å². The molecule has 1 N–H and O–H groups in total. The Morgan fingerprint density at radius 1 is 1.20 bits per heavy atom. The maximum Gasteiger partial charge on any atom is 0.0272 e. The third-order valence-electron chi connectivity index (χ3n) is 3.95. The lowest BCUT2D eigenvalue weighted by Gasteiger charge is -2.39. The zero-order valence-electron chi connectivity index (χ0n) is 8.89. The number of piperidine rings is 1. The van der Waals surface area contributed by atoms with Crippen LogP contribution < -0.4 is 0 Å². The minimum absolute atomic E-state index is 0.665. The highest BCUT2D eigenvalue weighted by molar-refractivity contribution is 5.33. The molecule has 0 amide bonds. The summed E-state index contributed by atoms with van der Waals surface area (Å²) in [6, 6.07) is 8.82. The number of hydroxylamine groups is 2. The van der Waals surface area contributed by atoms with Gasteiger partial charge in [-0.2, -0.15) is 5.06 Å². The predicted molar refractivity (Wildman–Crippen MR) is 59.0 cm³/mol. The first kappa shape index (κ1) is 9.37. The Morgan fingerprint density at radius 3 is 3.00 bits per heavy atom. The molecule has 1 fully saturated rings. The second-order valence-electron chi connectivity index (χ2n) is 4.81. The van der Waals surface area contributed by atoms with Gasteiger partial charge in [-0.3, -0.25) is 0 Å². The molecule has 2 nitrogen and oxygen atoms in total. The molecule has 1 aromatic carbocycles. The topological polar surface area (TPSA) is 23.5 Å². The van der Waals surface area contributed by atoms with Crippen LogP contribution in [-0.4, -0.2) is 23.4 Å². The van der Waals surface area contributed by atoms with E-state index in [-0.39, 0.29) is 0 Å². The Labute approximate surface area is 90.5 Å². The quantitative estimate of drug-likeness (QED) is 0.700. The number of nitrogens with zero attached hydrogens (tertiary/aromatic N) is 1. The van der Waals surface area contributed by atoms with Crippen LogP contribution in [0.1, 0.15) is 29.9 Å². The molecule has 1 unspecified atom stereocenters. The van der Waals surface area contributed by atoms with Gasteiger partial charge < -0.3 is 5.21 Å². The smallest absolute Gasteiger partial charge is 0.0272 e. The Kier molecular flexibility index (Phi) is 2.26. The first-order valence-corrected chi connectivity index (χ1v) is 5.86. The van der Waals surface area contributed by atoms with Crippen molar-refractivity contribution < 1.29 is 5.21 Å². The molecule has 0 aromatic heterocycles. The Balaban J connectivity index is 1.93. The van der Waals surface area contributed by atoms with Crippen molar-refractivity contribution in [1.29, 1.82) is 0 Å². The molecule has 2 atom stereocenters. The third kappa shape index (κ3) is 1.58. The Morgan fingerprint density at radius 2 is 2.07 bits per heavy atom. The molecule has 3 rings (SSSR count). The summed E-state index contributed by atoms with van der Waals surface area (Å²) in [6.07, 6.45) is 3.53. The number of hydrogen-bond donors (Lipinski definition) is 1. The molecule has 0 saturated carbocycles. The Bertz CT molecular complexity index is 363. The van der Waals surface area contributed by atoms with Crippen molar-refractivity contribution in [3.63, 3.8) is 0 Å². The van der Waals surface area contributed by atoms with Gasteiger partial charge in [0.05, 0.1) is 0 Å². The van der Waals surface area contributed by atoms with Crippen LogP contribution in [0.3, 0.4) is 0 Å². The standard InChI is InChI=1S/C13H17NO/c15-14-8-7-13-11(9-14)6-5-10-3-1-2-4-12(10)13/h1-4,11,13,15H,5-9H2/t11?,13-/m1/s1. The summed E-state index contributed by atoms with van der Waals surface area (Å²) in [5, 5.41) is 11.0. The second-order valence-corrected chi connectivity index (χ2v) is 4.81. The fraction of sp³-hybridized carbons (Fsp3) is 0.538. The van der Waals surface area contributed by atoms with Crippen molar-refractivity contribution in [3.8, 4) is 0 Å². The van der Waals surface area contributed by atoms with Crippen LogP contribution in [0, 0.1) is 5.92 Å². The van der Waals surface area contributed by atoms with Crippen molar-refractivity contribution in [1.82, 2.24) is 5.06 Å². The van der Waals surface area contributed by atoms with Crippen LogP contribution in [-0.2, 0) is 6.42 Å². The van der Waals surface area contributed by atoms with Crippen molar-refractivity contribution in [2.45, 2.75) is 25.2 Å². The predicted octanol–water partition coefficient (Wildman–Crippen LogP) is 2.43. The van der Waals surface area contributed by atoms with E-state index in [2.05, 4.69) is 24.3 Å². The highest BCUT2D eigenvalue weighted by atomic mass is 16.5. The fourth-order valence-electron chi connectivity index (χ4n) is 3.18. The lowest BCUT2D eigenvalue weighted by atomic mass is 9.72. The van der Waals surface area contributed by atoms with E-state index < -0.39 is 0 Å². The minimum atomic E-state index is 0.665. The largest absolute Gasteiger partial charge is 0.314 e. The molecule has 0 spiro atoms. The fourth-order valence-corrected chi connectivity index (χ4v) is 3.18. The number of rotatable bonds is 0. The Hall–Kier alpha value is -0.860. The normalized spacial score (nSPS) is 30.7. The zero-order valence-corrected chi connectivity index (χ0v) is 8.89. The average Bonchev–Trinajstić information content (AvgIpc) is 2.28. The molecular weight excluding hydrogens is 186 g/mol. The molecule has 0 bridgehead atoms. The summed E-state index contributed by atoms with van der Waals surface area (Å²) < 4.78 is 0. The summed E-state index contributed by atoms with van der Waals surface area (Å²) in [6.45, 7) is 1.69. The van der Waals surface area contributed by atoms with Crippen LogP contribution in [0.2, 0.25) is 0 Å². The second kappa shape index (κ2) is 3.62. The van der Waals surface area contributed by atoms with Gasteiger partial charge in [-0.15, -0.1) is 0 Å². The van der Waals surface area contributed by atoms with Gasteiger partial charge >= 0.3 is 0 Å². The third-order valence-corrected chi connectivity index (χ3v) is 3.95. The van der Waals surface area contributed by atoms with Crippen LogP contribution >= 0.6 is 0 Å². The molecule has 15 heavy (non-hydrogen) atoms. The van der Waals surface area contributed by atoms with Crippen LogP contribution in [0.4, 0.5) is 0 Å². The number of hydrogen-bond acceptors (Lipinski definition) is 2. The lowest BCUT2D eigenvalue weighted by Crippen LogP contribution is -2.39. The molecule has 1 aromatic rings. The summed E-state index contributed by atoms with van der Waals surface area (Å²) in [5.74, 6) is 1.36. The number of aryl methyl sites for hydroxylation is 1. The van der Waals surface area contributed by atoms with Gasteiger partial charge in [0.2, 0.25) is 0 Å². The van der Waals surface area contributed by atoms with E-state index in [1.165, 1.54) is 23.5 Å².